The molecule has 1 unspecified atom stereocenters. The Labute approximate surface area is 107 Å². The van der Waals surface area contributed by atoms with Crippen LogP contribution in [0.2, 0.25) is 0 Å². The normalized spacial score (nSPS) is 12.4. The molecule has 0 saturated heterocycles. The van der Waals surface area contributed by atoms with E-state index in [2.05, 4.69) is 41.5 Å². The minimum atomic E-state index is 0.166. The molecule has 1 heterocycles. The van der Waals surface area contributed by atoms with Crippen LogP contribution in [0.3, 0.4) is 0 Å². The number of ether oxygens (including phenoxy) is 1. The number of aromatic amines is 1. The molecule has 2 aromatic rings. The third-order valence-corrected chi connectivity index (χ3v) is 3.05. The number of methoxy groups -OCH3 is 1. The molecule has 0 aliphatic heterocycles. The second-order valence-corrected chi connectivity index (χ2v) is 4.24. The first-order chi connectivity index (χ1) is 8.76. The number of hydrogen-bond acceptors (Lipinski definition) is 3. The van der Waals surface area contributed by atoms with E-state index in [-0.39, 0.29) is 6.04 Å². The molecular weight excluding hydrogens is 226 g/mol. The van der Waals surface area contributed by atoms with E-state index < -0.39 is 0 Å². The molecule has 0 saturated carbocycles. The summed E-state index contributed by atoms with van der Waals surface area (Å²) in [6.45, 7) is 5.11. The number of hydrogen-bond donors (Lipinski definition) is 2. The van der Waals surface area contributed by atoms with Crippen LogP contribution in [0.4, 0.5) is 0 Å². The SMILES string of the molecule is CCNC(c1cn[nH]c1)c1ccc(OC)cc1C. The van der Waals surface area contributed by atoms with Crippen molar-refractivity contribution < 1.29 is 4.74 Å². The number of rotatable bonds is 5. The average molecular weight is 245 g/mol. The van der Waals surface area contributed by atoms with Crippen LogP contribution >= 0.6 is 0 Å². The maximum Gasteiger partial charge on any atom is 0.119 e. The van der Waals surface area contributed by atoms with Crippen molar-refractivity contribution >= 4 is 0 Å². The molecule has 0 aliphatic rings. The van der Waals surface area contributed by atoms with Crippen LogP contribution < -0.4 is 10.1 Å². The van der Waals surface area contributed by atoms with Crippen LogP contribution in [-0.2, 0) is 0 Å². The van der Waals surface area contributed by atoms with Gasteiger partial charge in [-0.05, 0) is 36.7 Å². The van der Waals surface area contributed by atoms with Gasteiger partial charge in [0.1, 0.15) is 5.75 Å². The fourth-order valence-corrected chi connectivity index (χ4v) is 2.13. The molecule has 2 N–H and O–H groups in total. The average Bonchev–Trinajstić information content (AvgIpc) is 2.90. The standard InChI is InChI=1S/C14H19N3O/c1-4-15-14(11-8-16-17-9-11)13-6-5-12(18-3)7-10(13)2/h5-9,14-15H,4H2,1-3H3,(H,16,17). The van der Waals surface area contributed by atoms with Crippen LogP contribution in [-0.4, -0.2) is 23.9 Å². The Morgan fingerprint density at radius 3 is 2.83 bits per heavy atom. The van der Waals surface area contributed by atoms with E-state index in [4.69, 9.17) is 4.74 Å². The molecule has 0 aliphatic carbocycles. The molecule has 0 spiro atoms. The lowest BCUT2D eigenvalue weighted by Gasteiger charge is -2.19. The predicted octanol–water partition coefficient (Wildman–Crippen LogP) is 2.43. The molecule has 0 radical (unpaired) electrons. The molecule has 1 aromatic heterocycles. The number of H-pyrrole nitrogens is 1. The van der Waals surface area contributed by atoms with Gasteiger partial charge in [-0.2, -0.15) is 5.10 Å². The molecule has 4 nitrogen and oxygen atoms in total. The van der Waals surface area contributed by atoms with Crippen LogP contribution in [0.1, 0.15) is 29.7 Å². The van der Waals surface area contributed by atoms with Gasteiger partial charge in [-0.15, -0.1) is 0 Å². The van der Waals surface area contributed by atoms with Crippen molar-refractivity contribution in [3.63, 3.8) is 0 Å². The van der Waals surface area contributed by atoms with Crippen molar-refractivity contribution in [3.05, 3.63) is 47.3 Å². The Balaban J connectivity index is 2.37. The van der Waals surface area contributed by atoms with Gasteiger partial charge in [-0.1, -0.05) is 13.0 Å². The minimum absolute atomic E-state index is 0.166. The predicted molar refractivity (Wildman–Crippen MR) is 71.8 cm³/mol. The summed E-state index contributed by atoms with van der Waals surface area (Å²) in [4.78, 5) is 0. The largest absolute Gasteiger partial charge is 0.497 e. The molecule has 0 fully saturated rings. The molecule has 4 heteroatoms. The number of aryl methyl sites for hydroxylation is 1. The first-order valence-corrected chi connectivity index (χ1v) is 6.12. The van der Waals surface area contributed by atoms with Crippen LogP contribution in [0.15, 0.2) is 30.6 Å². The monoisotopic (exact) mass is 245 g/mol. The van der Waals surface area contributed by atoms with E-state index in [1.54, 1.807) is 7.11 Å². The Bertz CT molecular complexity index is 494. The van der Waals surface area contributed by atoms with Crippen LogP contribution in [0, 0.1) is 6.92 Å². The van der Waals surface area contributed by atoms with Gasteiger partial charge in [-0.3, -0.25) is 5.10 Å². The number of aromatic nitrogens is 2. The lowest BCUT2D eigenvalue weighted by molar-refractivity contribution is 0.414. The highest BCUT2D eigenvalue weighted by molar-refractivity contribution is 5.40. The Morgan fingerprint density at radius 2 is 2.28 bits per heavy atom. The van der Waals surface area contributed by atoms with E-state index >= 15 is 0 Å². The molecule has 18 heavy (non-hydrogen) atoms. The fraction of sp³-hybridized carbons (Fsp3) is 0.357. The Hall–Kier alpha value is -1.81. The molecule has 96 valence electrons. The summed E-state index contributed by atoms with van der Waals surface area (Å²) >= 11 is 0. The van der Waals surface area contributed by atoms with Crippen LogP contribution in [0.25, 0.3) is 0 Å². The van der Waals surface area contributed by atoms with Crippen molar-refractivity contribution in [2.75, 3.05) is 13.7 Å². The zero-order chi connectivity index (χ0) is 13.0. The van der Waals surface area contributed by atoms with Gasteiger partial charge in [0.05, 0.1) is 19.3 Å². The summed E-state index contributed by atoms with van der Waals surface area (Å²) in [6.07, 6.45) is 3.79. The highest BCUT2D eigenvalue weighted by atomic mass is 16.5. The fourth-order valence-electron chi connectivity index (χ4n) is 2.13. The maximum atomic E-state index is 5.24. The maximum absolute atomic E-state index is 5.24. The second-order valence-electron chi connectivity index (χ2n) is 4.24. The third kappa shape index (κ3) is 2.54. The van der Waals surface area contributed by atoms with E-state index in [1.807, 2.05) is 18.5 Å². The summed E-state index contributed by atoms with van der Waals surface area (Å²) in [5, 5.41) is 10.4. The van der Waals surface area contributed by atoms with Crippen molar-refractivity contribution in [2.45, 2.75) is 19.9 Å². The smallest absolute Gasteiger partial charge is 0.119 e. The first kappa shape index (κ1) is 12.6. The van der Waals surface area contributed by atoms with E-state index in [1.165, 1.54) is 11.1 Å². The summed E-state index contributed by atoms with van der Waals surface area (Å²) < 4.78 is 5.24. The quantitative estimate of drug-likeness (QED) is 0.850. The number of benzene rings is 1. The molecule has 0 amide bonds. The van der Waals surface area contributed by atoms with E-state index in [0.29, 0.717) is 0 Å². The Kier molecular flexibility index (Phi) is 3.99. The Morgan fingerprint density at radius 1 is 1.44 bits per heavy atom. The van der Waals surface area contributed by atoms with Crippen molar-refractivity contribution in [1.82, 2.24) is 15.5 Å². The van der Waals surface area contributed by atoms with Gasteiger partial charge in [-0.25, -0.2) is 0 Å². The van der Waals surface area contributed by atoms with Gasteiger partial charge in [0.2, 0.25) is 0 Å². The van der Waals surface area contributed by atoms with Gasteiger partial charge >= 0.3 is 0 Å². The van der Waals surface area contributed by atoms with Crippen LogP contribution in [0.5, 0.6) is 5.75 Å². The van der Waals surface area contributed by atoms with Gasteiger partial charge < -0.3 is 10.1 Å². The number of nitrogens with one attached hydrogen (secondary N) is 2. The number of nitrogens with zero attached hydrogens (tertiary/aromatic N) is 1. The van der Waals surface area contributed by atoms with Crippen molar-refractivity contribution in [3.8, 4) is 5.75 Å². The second kappa shape index (κ2) is 5.69. The molecule has 2 rings (SSSR count). The topological polar surface area (TPSA) is 49.9 Å². The van der Waals surface area contributed by atoms with Crippen molar-refractivity contribution in [2.24, 2.45) is 0 Å². The van der Waals surface area contributed by atoms with E-state index in [0.717, 1.165) is 17.9 Å². The summed E-state index contributed by atoms with van der Waals surface area (Å²) in [5.41, 5.74) is 3.60. The molecule has 1 aromatic carbocycles. The summed E-state index contributed by atoms with van der Waals surface area (Å²) in [6, 6.07) is 6.32. The lowest BCUT2D eigenvalue weighted by Crippen LogP contribution is -2.22. The molecule has 0 bridgehead atoms. The highest BCUT2D eigenvalue weighted by Gasteiger charge is 2.16. The van der Waals surface area contributed by atoms with Gasteiger partial charge in [0.25, 0.3) is 0 Å². The molecular formula is C14H19N3O. The lowest BCUT2D eigenvalue weighted by atomic mass is 9.97. The van der Waals surface area contributed by atoms with Crippen molar-refractivity contribution in [1.29, 1.82) is 0 Å². The summed E-state index contributed by atoms with van der Waals surface area (Å²) in [7, 11) is 1.69. The molecule has 1 atom stereocenters. The first-order valence-electron chi connectivity index (χ1n) is 6.12. The van der Waals surface area contributed by atoms with Gasteiger partial charge in [0, 0.05) is 11.8 Å². The minimum Gasteiger partial charge on any atom is -0.497 e. The zero-order valence-electron chi connectivity index (χ0n) is 11.0. The zero-order valence-corrected chi connectivity index (χ0v) is 11.0. The highest BCUT2D eigenvalue weighted by Crippen LogP contribution is 2.26. The van der Waals surface area contributed by atoms with E-state index in [9.17, 15) is 0 Å². The summed E-state index contributed by atoms with van der Waals surface area (Å²) in [5.74, 6) is 0.888. The third-order valence-electron chi connectivity index (χ3n) is 3.05. The van der Waals surface area contributed by atoms with Gasteiger partial charge in [0.15, 0.2) is 0 Å².